The van der Waals surface area contributed by atoms with Gasteiger partial charge in [-0.3, -0.25) is 0 Å². The summed E-state index contributed by atoms with van der Waals surface area (Å²) in [4.78, 5) is 0. The maximum atomic E-state index is 11.7. The van der Waals surface area contributed by atoms with Gasteiger partial charge in [-0.15, -0.1) is 0 Å². The molecule has 0 aliphatic heterocycles. The fourth-order valence-electron chi connectivity index (χ4n) is 0.304. The second-order valence-corrected chi connectivity index (χ2v) is 1.95. The van der Waals surface area contributed by atoms with Crippen molar-refractivity contribution in [1.29, 1.82) is 0 Å². The molecule has 0 fully saturated rings. The first-order valence-electron chi connectivity index (χ1n) is 2.48. The van der Waals surface area contributed by atoms with Crippen molar-refractivity contribution < 1.29 is 35.8 Å². The molecule has 0 aromatic heterocycles. The van der Waals surface area contributed by atoms with E-state index in [1.54, 1.807) is 0 Å². The van der Waals surface area contributed by atoms with E-state index in [2.05, 4.69) is 0 Å². The SMILES string of the molecule is OC(F)(F)C(F)(F)C(F)(F)CF. The first-order chi connectivity index (χ1) is 5.06. The Morgan fingerprint density at radius 1 is 0.917 bits per heavy atom. The van der Waals surface area contributed by atoms with Gasteiger partial charge in [0.1, 0.15) is 0 Å². The zero-order chi connectivity index (χ0) is 10.2. The molecule has 0 aliphatic carbocycles. The molecule has 0 bridgehead atoms. The highest BCUT2D eigenvalue weighted by Crippen LogP contribution is 2.44. The molecular weight excluding hydrogens is 197 g/mol. The van der Waals surface area contributed by atoms with Crippen LogP contribution >= 0.6 is 0 Å². The Hall–Kier alpha value is -0.530. The molecule has 0 unspecified atom stereocenters. The predicted molar refractivity (Wildman–Crippen MR) is 23.0 cm³/mol. The molecule has 0 amide bonds. The van der Waals surface area contributed by atoms with Crippen LogP contribution in [0.15, 0.2) is 0 Å². The fraction of sp³-hybridized carbons (Fsp3) is 1.00. The third kappa shape index (κ3) is 1.62. The Morgan fingerprint density at radius 2 is 1.25 bits per heavy atom. The van der Waals surface area contributed by atoms with Crippen LogP contribution in [0.2, 0.25) is 0 Å². The second-order valence-electron chi connectivity index (χ2n) is 1.95. The second kappa shape index (κ2) is 2.75. The third-order valence-electron chi connectivity index (χ3n) is 1.00. The monoisotopic (exact) mass is 200 g/mol. The van der Waals surface area contributed by atoms with Gasteiger partial charge < -0.3 is 5.11 Å². The van der Waals surface area contributed by atoms with Gasteiger partial charge in [-0.1, -0.05) is 0 Å². The first-order valence-corrected chi connectivity index (χ1v) is 2.48. The summed E-state index contributed by atoms with van der Waals surface area (Å²) in [6, 6.07) is 0. The Balaban J connectivity index is 4.85. The van der Waals surface area contributed by atoms with E-state index in [1.165, 1.54) is 0 Å². The minimum absolute atomic E-state index is 2.98. The standard InChI is InChI=1S/C4H3F7O/c5-1-2(6,7)3(8,9)4(10,11)12/h12H,1H2. The number of halogens is 7. The third-order valence-corrected chi connectivity index (χ3v) is 1.00. The topological polar surface area (TPSA) is 20.2 Å². The summed E-state index contributed by atoms with van der Waals surface area (Å²) in [7, 11) is 0. The highest BCUT2D eigenvalue weighted by molar-refractivity contribution is 4.90. The summed E-state index contributed by atoms with van der Waals surface area (Å²) in [5.41, 5.74) is 0. The van der Waals surface area contributed by atoms with Gasteiger partial charge in [-0.2, -0.15) is 26.3 Å². The molecule has 0 atom stereocenters. The van der Waals surface area contributed by atoms with Gasteiger partial charge in [0.25, 0.3) is 0 Å². The number of rotatable bonds is 3. The van der Waals surface area contributed by atoms with E-state index in [0.29, 0.717) is 0 Å². The van der Waals surface area contributed by atoms with Crippen molar-refractivity contribution in [2.24, 2.45) is 0 Å². The van der Waals surface area contributed by atoms with E-state index in [9.17, 15) is 30.7 Å². The Kier molecular flexibility index (Phi) is 2.63. The molecule has 12 heavy (non-hydrogen) atoms. The summed E-state index contributed by atoms with van der Waals surface area (Å²) in [6.45, 7) is -2.98. The molecule has 0 saturated heterocycles. The minimum Gasteiger partial charge on any atom is -0.331 e. The van der Waals surface area contributed by atoms with Gasteiger partial charge in [-0.05, 0) is 0 Å². The highest BCUT2D eigenvalue weighted by atomic mass is 19.4. The lowest BCUT2D eigenvalue weighted by atomic mass is 10.2. The van der Waals surface area contributed by atoms with Gasteiger partial charge in [0.2, 0.25) is 0 Å². The van der Waals surface area contributed by atoms with E-state index in [-0.39, 0.29) is 0 Å². The molecule has 0 aliphatic rings. The smallest absolute Gasteiger partial charge is 0.331 e. The number of alkyl halides is 7. The molecule has 74 valence electrons. The number of hydrogen-bond donors (Lipinski definition) is 1. The summed E-state index contributed by atoms with van der Waals surface area (Å²) >= 11 is 0. The molecule has 0 aromatic carbocycles. The average Bonchev–Trinajstić information content (AvgIpc) is 1.85. The predicted octanol–water partition coefficient (Wildman–Crippen LogP) is 1.81. The van der Waals surface area contributed by atoms with Crippen LogP contribution < -0.4 is 0 Å². The molecule has 0 heterocycles. The molecule has 0 spiro atoms. The van der Waals surface area contributed by atoms with Crippen LogP contribution in [0.5, 0.6) is 0 Å². The van der Waals surface area contributed by atoms with Crippen molar-refractivity contribution in [1.82, 2.24) is 0 Å². The van der Waals surface area contributed by atoms with Crippen molar-refractivity contribution in [3.8, 4) is 0 Å². The quantitative estimate of drug-likeness (QED) is 0.688. The maximum Gasteiger partial charge on any atom is 0.423 e. The lowest BCUT2D eigenvalue weighted by molar-refractivity contribution is -0.385. The summed E-state index contributed by atoms with van der Waals surface area (Å²) in [5, 5.41) is 7.28. The van der Waals surface area contributed by atoms with Gasteiger partial charge in [0.15, 0.2) is 6.67 Å². The van der Waals surface area contributed by atoms with Crippen LogP contribution in [0.25, 0.3) is 0 Å². The lowest BCUT2D eigenvalue weighted by Gasteiger charge is -2.27. The van der Waals surface area contributed by atoms with E-state index >= 15 is 0 Å². The van der Waals surface area contributed by atoms with Gasteiger partial charge in [0.05, 0.1) is 0 Å². The Bertz CT molecular complexity index is 159. The molecule has 8 heteroatoms. The van der Waals surface area contributed by atoms with Gasteiger partial charge >= 0.3 is 18.0 Å². The van der Waals surface area contributed by atoms with Crippen molar-refractivity contribution in [3.05, 3.63) is 0 Å². The molecular formula is C4H3F7O. The molecule has 0 radical (unpaired) electrons. The van der Waals surface area contributed by atoms with Crippen LogP contribution in [0.1, 0.15) is 0 Å². The van der Waals surface area contributed by atoms with E-state index in [1.807, 2.05) is 0 Å². The summed E-state index contributed by atoms with van der Waals surface area (Å²) < 4.78 is 80.6. The summed E-state index contributed by atoms with van der Waals surface area (Å²) in [5.74, 6) is -11.7. The summed E-state index contributed by atoms with van der Waals surface area (Å²) in [6.07, 6.45) is -5.94. The molecule has 1 N–H and O–H groups in total. The van der Waals surface area contributed by atoms with Crippen LogP contribution in [-0.2, 0) is 0 Å². The van der Waals surface area contributed by atoms with Gasteiger partial charge in [-0.25, -0.2) is 4.39 Å². The molecule has 0 saturated carbocycles. The molecule has 1 nitrogen and oxygen atoms in total. The zero-order valence-corrected chi connectivity index (χ0v) is 5.30. The van der Waals surface area contributed by atoms with E-state index < -0.39 is 24.6 Å². The van der Waals surface area contributed by atoms with E-state index in [0.717, 1.165) is 0 Å². The van der Waals surface area contributed by atoms with Gasteiger partial charge in [0, 0.05) is 0 Å². The molecule has 0 aromatic rings. The van der Waals surface area contributed by atoms with Crippen molar-refractivity contribution in [2.45, 2.75) is 18.0 Å². The normalized spacial score (nSPS) is 15.0. The van der Waals surface area contributed by atoms with Crippen LogP contribution in [0, 0.1) is 0 Å². The lowest BCUT2D eigenvalue weighted by Crippen LogP contribution is -2.55. The van der Waals surface area contributed by atoms with Crippen LogP contribution in [-0.4, -0.2) is 29.7 Å². The maximum absolute atomic E-state index is 11.7. The Labute approximate surface area is 61.8 Å². The van der Waals surface area contributed by atoms with Crippen molar-refractivity contribution in [3.63, 3.8) is 0 Å². The fourth-order valence-corrected chi connectivity index (χ4v) is 0.304. The van der Waals surface area contributed by atoms with Crippen molar-refractivity contribution in [2.75, 3.05) is 6.67 Å². The van der Waals surface area contributed by atoms with Crippen LogP contribution in [0.3, 0.4) is 0 Å². The zero-order valence-electron chi connectivity index (χ0n) is 5.30. The van der Waals surface area contributed by atoms with Crippen molar-refractivity contribution >= 4 is 0 Å². The van der Waals surface area contributed by atoms with Crippen LogP contribution in [0.4, 0.5) is 30.7 Å². The number of hydrogen-bond acceptors (Lipinski definition) is 1. The average molecular weight is 200 g/mol. The first kappa shape index (κ1) is 11.5. The molecule has 0 rings (SSSR count). The Morgan fingerprint density at radius 3 is 1.33 bits per heavy atom. The minimum atomic E-state index is -6.10. The van der Waals surface area contributed by atoms with E-state index in [4.69, 9.17) is 5.11 Å². The highest BCUT2D eigenvalue weighted by Gasteiger charge is 2.71. The largest absolute Gasteiger partial charge is 0.423 e. The number of aliphatic hydroxyl groups is 1.